The quantitative estimate of drug-likeness (QED) is 0.696. The number of likely N-dealkylation sites (N-methyl/N-ethyl adjacent to an activating group) is 1. The lowest BCUT2D eigenvalue weighted by Crippen LogP contribution is -2.37. The van der Waals surface area contributed by atoms with Crippen LogP contribution in [0.1, 0.15) is 32.8 Å². The SMILES string of the molecule is CCCNCc1cnccc1N(CC)C(C)COC. The van der Waals surface area contributed by atoms with Crippen molar-refractivity contribution in [2.24, 2.45) is 0 Å². The molecule has 108 valence electrons. The van der Waals surface area contributed by atoms with E-state index in [1.54, 1.807) is 7.11 Å². The second-order valence-corrected chi connectivity index (χ2v) is 4.77. The van der Waals surface area contributed by atoms with Crippen LogP contribution in [0.4, 0.5) is 5.69 Å². The Bertz CT molecular complexity index is 357. The lowest BCUT2D eigenvalue weighted by Gasteiger charge is -2.31. The van der Waals surface area contributed by atoms with E-state index in [2.05, 4.69) is 42.0 Å². The average Bonchev–Trinajstić information content (AvgIpc) is 2.42. The highest BCUT2D eigenvalue weighted by Crippen LogP contribution is 2.21. The lowest BCUT2D eigenvalue weighted by atomic mass is 10.1. The van der Waals surface area contributed by atoms with Crippen molar-refractivity contribution in [1.29, 1.82) is 0 Å². The van der Waals surface area contributed by atoms with Crippen molar-refractivity contribution in [3.05, 3.63) is 24.0 Å². The van der Waals surface area contributed by atoms with Crippen molar-refractivity contribution in [1.82, 2.24) is 10.3 Å². The maximum absolute atomic E-state index is 5.27. The van der Waals surface area contributed by atoms with Gasteiger partial charge in [0.05, 0.1) is 6.61 Å². The van der Waals surface area contributed by atoms with Gasteiger partial charge in [-0.1, -0.05) is 6.92 Å². The summed E-state index contributed by atoms with van der Waals surface area (Å²) in [4.78, 5) is 6.62. The van der Waals surface area contributed by atoms with Gasteiger partial charge in [-0.2, -0.15) is 0 Å². The molecule has 1 unspecified atom stereocenters. The topological polar surface area (TPSA) is 37.4 Å². The molecule has 1 N–H and O–H groups in total. The van der Waals surface area contributed by atoms with E-state index >= 15 is 0 Å². The van der Waals surface area contributed by atoms with Gasteiger partial charge in [0.25, 0.3) is 0 Å². The third-order valence-electron chi connectivity index (χ3n) is 3.21. The molecule has 1 aromatic rings. The zero-order valence-electron chi connectivity index (χ0n) is 12.6. The first-order valence-corrected chi connectivity index (χ1v) is 7.13. The summed E-state index contributed by atoms with van der Waals surface area (Å²) in [5.74, 6) is 0. The molecule has 0 spiro atoms. The second kappa shape index (κ2) is 8.88. The highest BCUT2D eigenvalue weighted by molar-refractivity contribution is 5.53. The van der Waals surface area contributed by atoms with Crippen molar-refractivity contribution < 1.29 is 4.74 Å². The van der Waals surface area contributed by atoms with Gasteiger partial charge in [-0.05, 0) is 32.9 Å². The Morgan fingerprint density at radius 2 is 2.21 bits per heavy atom. The molecule has 0 amide bonds. The number of hydrogen-bond acceptors (Lipinski definition) is 4. The van der Waals surface area contributed by atoms with Gasteiger partial charge in [0.1, 0.15) is 0 Å². The second-order valence-electron chi connectivity index (χ2n) is 4.77. The van der Waals surface area contributed by atoms with Gasteiger partial charge in [0.2, 0.25) is 0 Å². The fraction of sp³-hybridized carbons (Fsp3) is 0.667. The van der Waals surface area contributed by atoms with Crippen LogP contribution < -0.4 is 10.2 Å². The Kier molecular flexibility index (Phi) is 7.45. The molecular formula is C15H27N3O. The zero-order chi connectivity index (χ0) is 14.1. The molecule has 0 aliphatic carbocycles. The number of aromatic nitrogens is 1. The number of nitrogens with zero attached hydrogens (tertiary/aromatic N) is 2. The molecule has 0 saturated heterocycles. The summed E-state index contributed by atoms with van der Waals surface area (Å²) in [6.45, 7) is 10.2. The Morgan fingerprint density at radius 3 is 2.84 bits per heavy atom. The van der Waals surface area contributed by atoms with E-state index in [-0.39, 0.29) is 0 Å². The molecule has 0 bridgehead atoms. The maximum atomic E-state index is 5.27. The van der Waals surface area contributed by atoms with E-state index in [9.17, 15) is 0 Å². The van der Waals surface area contributed by atoms with Gasteiger partial charge < -0.3 is 15.0 Å². The van der Waals surface area contributed by atoms with Crippen LogP contribution in [0, 0.1) is 0 Å². The van der Waals surface area contributed by atoms with Crippen LogP contribution in [0.25, 0.3) is 0 Å². The molecular weight excluding hydrogens is 238 g/mol. The van der Waals surface area contributed by atoms with Gasteiger partial charge in [0.15, 0.2) is 0 Å². The maximum Gasteiger partial charge on any atom is 0.0663 e. The van der Waals surface area contributed by atoms with Gasteiger partial charge in [0, 0.05) is 49.9 Å². The Labute approximate surface area is 117 Å². The molecule has 0 aromatic carbocycles. The molecule has 4 nitrogen and oxygen atoms in total. The molecule has 0 saturated carbocycles. The van der Waals surface area contributed by atoms with Crippen molar-refractivity contribution in [2.75, 3.05) is 31.7 Å². The van der Waals surface area contributed by atoms with E-state index in [0.29, 0.717) is 6.04 Å². The van der Waals surface area contributed by atoms with Crippen LogP contribution in [0.5, 0.6) is 0 Å². The number of ether oxygens (including phenoxy) is 1. The Balaban J connectivity index is 2.83. The highest BCUT2D eigenvalue weighted by atomic mass is 16.5. The fourth-order valence-corrected chi connectivity index (χ4v) is 2.29. The minimum atomic E-state index is 0.363. The third kappa shape index (κ3) is 4.80. The first-order chi connectivity index (χ1) is 9.24. The van der Waals surface area contributed by atoms with Crippen LogP contribution in [0.15, 0.2) is 18.5 Å². The van der Waals surface area contributed by atoms with Crippen LogP contribution in [0.3, 0.4) is 0 Å². The van der Waals surface area contributed by atoms with Crippen LogP contribution >= 0.6 is 0 Å². The molecule has 0 aliphatic rings. The van der Waals surface area contributed by atoms with E-state index in [1.165, 1.54) is 11.3 Å². The number of anilines is 1. The van der Waals surface area contributed by atoms with Crippen molar-refractivity contribution in [2.45, 2.75) is 39.8 Å². The van der Waals surface area contributed by atoms with E-state index in [1.807, 2.05) is 12.4 Å². The number of nitrogens with one attached hydrogen (secondary N) is 1. The summed E-state index contributed by atoms with van der Waals surface area (Å²) in [5, 5.41) is 3.44. The molecule has 1 rings (SSSR count). The van der Waals surface area contributed by atoms with E-state index in [4.69, 9.17) is 4.74 Å². The molecule has 0 fully saturated rings. The third-order valence-corrected chi connectivity index (χ3v) is 3.21. The van der Waals surface area contributed by atoms with Crippen LogP contribution in [0.2, 0.25) is 0 Å². The minimum absolute atomic E-state index is 0.363. The predicted molar refractivity (Wildman–Crippen MR) is 80.6 cm³/mol. The van der Waals surface area contributed by atoms with Crippen LogP contribution in [-0.2, 0) is 11.3 Å². The largest absolute Gasteiger partial charge is 0.383 e. The Morgan fingerprint density at radius 1 is 1.42 bits per heavy atom. The molecule has 1 aromatic heterocycles. The number of pyridine rings is 1. The van der Waals surface area contributed by atoms with Gasteiger partial charge in [-0.15, -0.1) is 0 Å². The predicted octanol–water partition coefficient (Wildman–Crippen LogP) is 2.44. The smallest absolute Gasteiger partial charge is 0.0663 e. The number of rotatable bonds is 9. The zero-order valence-corrected chi connectivity index (χ0v) is 12.6. The Hall–Kier alpha value is -1.13. The van der Waals surface area contributed by atoms with Crippen molar-refractivity contribution in [3.8, 4) is 0 Å². The summed E-state index contributed by atoms with van der Waals surface area (Å²) >= 11 is 0. The van der Waals surface area contributed by atoms with Gasteiger partial charge in [-0.25, -0.2) is 0 Å². The standard InChI is InChI=1S/C15H27N3O/c1-5-8-16-10-14-11-17-9-7-15(14)18(6-2)13(3)12-19-4/h7,9,11,13,16H,5-6,8,10,12H2,1-4H3. The summed E-state index contributed by atoms with van der Waals surface area (Å²) < 4.78 is 5.27. The van der Waals surface area contributed by atoms with E-state index in [0.717, 1.165) is 32.7 Å². The summed E-state index contributed by atoms with van der Waals surface area (Å²) in [6.07, 6.45) is 4.97. The molecule has 19 heavy (non-hydrogen) atoms. The summed E-state index contributed by atoms with van der Waals surface area (Å²) in [6, 6.07) is 2.46. The fourth-order valence-electron chi connectivity index (χ4n) is 2.29. The van der Waals surface area contributed by atoms with Gasteiger partial charge in [-0.3, -0.25) is 4.98 Å². The lowest BCUT2D eigenvalue weighted by molar-refractivity contribution is 0.182. The highest BCUT2D eigenvalue weighted by Gasteiger charge is 2.15. The van der Waals surface area contributed by atoms with E-state index < -0.39 is 0 Å². The average molecular weight is 265 g/mol. The minimum Gasteiger partial charge on any atom is -0.383 e. The molecule has 0 radical (unpaired) electrons. The first-order valence-electron chi connectivity index (χ1n) is 7.13. The molecule has 1 atom stereocenters. The van der Waals surface area contributed by atoms with Gasteiger partial charge >= 0.3 is 0 Å². The first kappa shape index (κ1) is 15.9. The summed E-state index contributed by atoms with van der Waals surface area (Å²) in [5.41, 5.74) is 2.51. The summed E-state index contributed by atoms with van der Waals surface area (Å²) in [7, 11) is 1.75. The molecule has 1 heterocycles. The van der Waals surface area contributed by atoms with Crippen molar-refractivity contribution in [3.63, 3.8) is 0 Å². The molecule has 0 aliphatic heterocycles. The molecule has 4 heteroatoms. The normalized spacial score (nSPS) is 12.4. The van der Waals surface area contributed by atoms with Crippen LogP contribution in [-0.4, -0.2) is 37.8 Å². The van der Waals surface area contributed by atoms with Crippen molar-refractivity contribution >= 4 is 5.69 Å². The monoisotopic (exact) mass is 265 g/mol. The number of hydrogen-bond donors (Lipinski definition) is 1. The number of methoxy groups -OCH3 is 1.